The van der Waals surface area contributed by atoms with Crippen molar-refractivity contribution in [2.24, 2.45) is 0 Å². The lowest BCUT2D eigenvalue weighted by Gasteiger charge is -2.06. The first-order valence-electron chi connectivity index (χ1n) is 4.53. The zero-order chi connectivity index (χ0) is 8.55. The molecule has 0 bridgehead atoms. The fourth-order valence-electron chi connectivity index (χ4n) is 1.54. The van der Waals surface area contributed by atoms with Crippen molar-refractivity contribution in [1.29, 1.82) is 0 Å². The van der Waals surface area contributed by atoms with Crippen LogP contribution in [0.1, 0.15) is 30.9 Å². The smallest absolute Gasteiger partial charge is 0.0107 e. The van der Waals surface area contributed by atoms with Crippen LogP contribution >= 0.6 is 11.8 Å². The molecule has 1 heterocycles. The predicted molar refractivity (Wildman–Crippen MR) is 55.0 cm³/mol. The molecule has 0 saturated heterocycles. The maximum absolute atomic E-state index is 2.36. The molecule has 0 aliphatic carbocycles. The second-order valence-corrected chi connectivity index (χ2v) is 4.76. The molecule has 1 aromatic carbocycles. The topological polar surface area (TPSA) is 0 Å². The number of hydrogen-bond acceptors (Lipinski definition) is 1. The molecule has 1 aliphatic rings. The van der Waals surface area contributed by atoms with Gasteiger partial charge in [0.15, 0.2) is 0 Å². The highest BCUT2D eigenvalue weighted by Crippen LogP contribution is 2.33. The van der Waals surface area contributed by atoms with Crippen LogP contribution in [0.25, 0.3) is 0 Å². The molecule has 0 nitrogen and oxygen atoms in total. The third-order valence-corrected chi connectivity index (χ3v) is 3.49. The third-order valence-electron chi connectivity index (χ3n) is 2.39. The van der Waals surface area contributed by atoms with E-state index in [1.54, 1.807) is 5.56 Å². The van der Waals surface area contributed by atoms with Crippen LogP contribution in [-0.4, -0.2) is 5.75 Å². The van der Waals surface area contributed by atoms with Crippen LogP contribution in [0, 0.1) is 0 Å². The largest absolute Gasteiger partial charge is 0.126 e. The molecule has 12 heavy (non-hydrogen) atoms. The molecule has 64 valence electrons. The van der Waals surface area contributed by atoms with Gasteiger partial charge in [0.1, 0.15) is 0 Å². The Kier molecular flexibility index (Phi) is 2.14. The molecular formula is C11H14S. The minimum Gasteiger partial charge on any atom is -0.126 e. The maximum atomic E-state index is 2.36. The van der Waals surface area contributed by atoms with Gasteiger partial charge in [-0.3, -0.25) is 0 Å². The van der Waals surface area contributed by atoms with E-state index in [0.29, 0.717) is 5.92 Å². The Morgan fingerprint density at radius 3 is 2.92 bits per heavy atom. The van der Waals surface area contributed by atoms with Crippen molar-refractivity contribution in [2.75, 3.05) is 5.75 Å². The van der Waals surface area contributed by atoms with Crippen LogP contribution in [0.4, 0.5) is 0 Å². The molecule has 1 heteroatoms. The second-order valence-electron chi connectivity index (χ2n) is 3.62. The van der Waals surface area contributed by atoms with Gasteiger partial charge in [-0.25, -0.2) is 0 Å². The van der Waals surface area contributed by atoms with Gasteiger partial charge in [0, 0.05) is 10.6 Å². The molecule has 0 spiro atoms. The predicted octanol–water partition coefficient (Wildman–Crippen LogP) is 3.46. The lowest BCUT2D eigenvalue weighted by molar-refractivity contribution is 0.860. The highest BCUT2D eigenvalue weighted by molar-refractivity contribution is 7.99. The van der Waals surface area contributed by atoms with E-state index in [1.165, 1.54) is 22.6 Å². The number of fused-ring (bicyclic) bond motifs is 1. The first kappa shape index (κ1) is 8.18. The van der Waals surface area contributed by atoms with Crippen LogP contribution < -0.4 is 0 Å². The molecule has 2 rings (SSSR count). The Bertz CT molecular complexity index is 289. The summed E-state index contributed by atoms with van der Waals surface area (Å²) in [6, 6.07) is 6.93. The monoisotopic (exact) mass is 178 g/mol. The molecule has 0 N–H and O–H groups in total. The molecular weight excluding hydrogens is 164 g/mol. The number of hydrogen-bond donors (Lipinski definition) is 0. The molecule has 0 fully saturated rings. The quantitative estimate of drug-likeness (QED) is 0.634. The van der Waals surface area contributed by atoms with Crippen molar-refractivity contribution in [3.05, 3.63) is 29.3 Å². The Morgan fingerprint density at radius 2 is 2.17 bits per heavy atom. The van der Waals surface area contributed by atoms with Gasteiger partial charge in [-0.05, 0) is 29.5 Å². The Morgan fingerprint density at radius 1 is 1.33 bits per heavy atom. The first-order valence-corrected chi connectivity index (χ1v) is 5.51. The Balaban J connectivity index is 2.39. The summed E-state index contributed by atoms with van der Waals surface area (Å²) in [5.41, 5.74) is 3.02. The van der Waals surface area contributed by atoms with Crippen molar-refractivity contribution >= 4 is 11.8 Å². The average molecular weight is 178 g/mol. The summed E-state index contributed by atoms with van der Waals surface area (Å²) in [4.78, 5) is 1.52. The molecule has 0 aromatic heterocycles. The minimum absolute atomic E-state index is 0.663. The van der Waals surface area contributed by atoms with Gasteiger partial charge in [-0.2, -0.15) is 0 Å². The van der Waals surface area contributed by atoms with Crippen molar-refractivity contribution in [3.8, 4) is 0 Å². The van der Waals surface area contributed by atoms with Crippen LogP contribution in [0.5, 0.6) is 0 Å². The lowest BCUT2D eigenvalue weighted by Crippen LogP contribution is -1.88. The summed E-state index contributed by atoms with van der Waals surface area (Å²) in [5, 5.41) is 0. The van der Waals surface area contributed by atoms with E-state index in [1.807, 2.05) is 11.8 Å². The van der Waals surface area contributed by atoms with Gasteiger partial charge in [-0.1, -0.05) is 26.0 Å². The SMILES string of the molecule is CC(C)c1ccc2c(c1)SCC2. The molecule has 0 unspecified atom stereocenters. The Hall–Kier alpha value is -0.430. The van der Waals surface area contributed by atoms with Crippen LogP contribution in [-0.2, 0) is 6.42 Å². The number of benzene rings is 1. The molecule has 0 amide bonds. The maximum Gasteiger partial charge on any atom is 0.0107 e. The van der Waals surface area contributed by atoms with Crippen molar-refractivity contribution in [3.63, 3.8) is 0 Å². The minimum atomic E-state index is 0.663. The standard InChI is InChI=1S/C11H14S/c1-8(2)10-4-3-9-5-6-12-11(9)7-10/h3-4,7-8H,5-6H2,1-2H3. The molecule has 1 aromatic rings. The zero-order valence-electron chi connectivity index (χ0n) is 7.63. The van der Waals surface area contributed by atoms with Crippen molar-refractivity contribution < 1.29 is 0 Å². The number of thioether (sulfide) groups is 1. The summed E-state index contributed by atoms with van der Waals surface area (Å²) in [6.45, 7) is 4.50. The van der Waals surface area contributed by atoms with E-state index in [2.05, 4.69) is 32.0 Å². The molecule has 1 aliphatic heterocycles. The third kappa shape index (κ3) is 1.38. The normalized spacial score (nSPS) is 15.2. The van der Waals surface area contributed by atoms with Crippen LogP contribution in [0.3, 0.4) is 0 Å². The van der Waals surface area contributed by atoms with Gasteiger partial charge < -0.3 is 0 Å². The van der Waals surface area contributed by atoms with E-state index < -0.39 is 0 Å². The summed E-state index contributed by atoms with van der Waals surface area (Å²) in [5.74, 6) is 1.94. The Labute approximate surface area is 78.4 Å². The highest BCUT2D eigenvalue weighted by Gasteiger charge is 2.11. The van der Waals surface area contributed by atoms with E-state index >= 15 is 0 Å². The fourth-order valence-corrected chi connectivity index (χ4v) is 2.66. The van der Waals surface area contributed by atoms with Gasteiger partial charge in [0.05, 0.1) is 0 Å². The summed E-state index contributed by atoms with van der Waals surface area (Å²) >= 11 is 2.00. The van der Waals surface area contributed by atoms with Crippen LogP contribution in [0.15, 0.2) is 23.1 Å². The highest BCUT2D eigenvalue weighted by atomic mass is 32.2. The van der Waals surface area contributed by atoms with Crippen molar-refractivity contribution in [2.45, 2.75) is 31.1 Å². The summed E-state index contributed by atoms with van der Waals surface area (Å²) in [7, 11) is 0. The molecule has 0 atom stereocenters. The van der Waals surface area contributed by atoms with Gasteiger partial charge in [-0.15, -0.1) is 11.8 Å². The van der Waals surface area contributed by atoms with Crippen molar-refractivity contribution in [1.82, 2.24) is 0 Å². The molecule has 0 saturated carbocycles. The lowest BCUT2D eigenvalue weighted by atomic mass is 10.0. The van der Waals surface area contributed by atoms with Gasteiger partial charge in [0.2, 0.25) is 0 Å². The zero-order valence-corrected chi connectivity index (χ0v) is 8.45. The summed E-state index contributed by atoms with van der Waals surface area (Å²) < 4.78 is 0. The summed E-state index contributed by atoms with van der Waals surface area (Å²) in [6.07, 6.45) is 1.26. The molecule has 0 radical (unpaired) electrons. The fraction of sp³-hybridized carbons (Fsp3) is 0.455. The first-order chi connectivity index (χ1) is 5.77. The second kappa shape index (κ2) is 3.14. The number of aryl methyl sites for hydroxylation is 1. The van der Waals surface area contributed by atoms with E-state index in [9.17, 15) is 0 Å². The van der Waals surface area contributed by atoms with E-state index in [4.69, 9.17) is 0 Å². The number of rotatable bonds is 1. The van der Waals surface area contributed by atoms with E-state index in [-0.39, 0.29) is 0 Å². The van der Waals surface area contributed by atoms with Gasteiger partial charge >= 0.3 is 0 Å². The van der Waals surface area contributed by atoms with Gasteiger partial charge in [0.25, 0.3) is 0 Å². The average Bonchev–Trinajstić information content (AvgIpc) is 2.49. The van der Waals surface area contributed by atoms with E-state index in [0.717, 1.165) is 0 Å². The van der Waals surface area contributed by atoms with Crippen LogP contribution in [0.2, 0.25) is 0 Å².